The summed E-state index contributed by atoms with van der Waals surface area (Å²) in [5.41, 5.74) is 0.361. The molecule has 3 aromatic heterocycles. The predicted octanol–water partition coefficient (Wildman–Crippen LogP) is 6.55. The number of furan rings is 1. The second-order valence-electron chi connectivity index (χ2n) is 9.24. The monoisotopic (exact) mass is 698 g/mol. The zero-order valence-electron chi connectivity index (χ0n) is 23.5. The van der Waals surface area contributed by atoms with Gasteiger partial charge in [-0.3, -0.25) is 0 Å². The summed E-state index contributed by atoms with van der Waals surface area (Å²) in [5.74, 6) is -1.36. The van der Waals surface area contributed by atoms with Crippen LogP contribution in [0.5, 0.6) is 24.0 Å². The SMILES string of the molecule is COc1nc(OCC(F)(F)F)nc(N(F)c2ccc3oc4ccc(Nc5nc(OCC(F)(F)F)nc(OCC(F)(F)F)n5)cc4c3c2)n1. The first-order valence-electron chi connectivity index (χ1n) is 12.8. The van der Waals surface area contributed by atoms with Gasteiger partial charge in [0.25, 0.3) is 5.95 Å². The third-order valence-corrected chi connectivity index (χ3v) is 5.57. The van der Waals surface area contributed by atoms with E-state index in [-0.39, 0.29) is 33.0 Å². The van der Waals surface area contributed by atoms with Crippen LogP contribution in [-0.2, 0) is 0 Å². The Labute approximate surface area is 259 Å². The number of nitrogens with one attached hydrogen (secondary N) is 1. The van der Waals surface area contributed by atoms with Crippen molar-refractivity contribution in [2.45, 2.75) is 18.5 Å². The molecule has 5 aromatic rings. The van der Waals surface area contributed by atoms with Crippen LogP contribution < -0.4 is 29.4 Å². The summed E-state index contributed by atoms with van der Waals surface area (Å²) >= 11 is 0. The number of aromatic nitrogens is 6. The minimum atomic E-state index is -4.83. The van der Waals surface area contributed by atoms with E-state index in [1.165, 1.54) is 36.4 Å². The Kier molecular flexibility index (Phi) is 9.04. The van der Waals surface area contributed by atoms with E-state index in [9.17, 15) is 39.5 Å². The number of fused-ring (bicyclic) bond motifs is 3. The molecule has 0 aliphatic carbocycles. The van der Waals surface area contributed by atoms with Crippen LogP contribution >= 0.6 is 0 Å². The van der Waals surface area contributed by atoms with Crippen molar-refractivity contribution < 1.29 is 67.4 Å². The number of benzene rings is 2. The molecule has 0 unspecified atom stereocenters. The highest BCUT2D eigenvalue weighted by atomic mass is 19.4. The van der Waals surface area contributed by atoms with Crippen LogP contribution in [0.1, 0.15) is 0 Å². The number of halogens is 10. The molecule has 0 aliphatic rings. The van der Waals surface area contributed by atoms with E-state index >= 15 is 4.48 Å². The maximum atomic E-state index is 15.5. The Morgan fingerprint density at radius 1 is 0.646 bits per heavy atom. The van der Waals surface area contributed by atoms with Crippen LogP contribution in [0.25, 0.3) is 21.9 Å². The van der Waals surface area contributed by atoms with Crippen molar-refractivity contribution in [2.75, 3.05) is 37.4 Å². The first-order valence-corrected chi connectivity index (χ1v) is 12.8. The Hall–Kier alpha value is -5.64. The normalized spacial score (nSPS) is 12.3. The molecule has 0 fully saturated rings. The summed E-state index contributed by atoms with van der Waals surface area (Å²) in [6.07, 6.45) is -14.4. The van der Waals surface area contributed by atoms with Crippen LogP contribution in [0.3, 0.4) is 0 Å². The number of methoxy groups -OCH3 is 1. The van der Waals surface area contributed by atoms with Crippen molar-refractivity contribution in [2.24, 2.45) is 0 Å². The van der Waals surface area contributed by atoms with E-state index in [1.807, 2.05) is 0 Å². The summed E-state index contributed by atoms with van der Waals surface area (Å²) in [6.45, 7) is -5.51. The lowest BCUT2D eigenvalue weighted by Crippen LogP contribution is -2.22. The fourth-order valence-corrected chi connectivity index (χ4v) is 3.74. The molecule has 0 radical (unpaired) electrons. The average molecular weight is 698 g/mol. The van der Waals surface area contributed by atoms with Gasteiger partial charge in [0.05, 0.1) is 12.8 Å². The molecular weight excluding hydrogens is 682 g/mol. The summed E-state index contributed by atoms with van der Waals surface area (Å²) in [5, 5.41) is 3.06. The molecular formula is C25H16F10N8O5. The minimum Gasteiger partial charge on any atom is -0.467 e. The Morgan fingerprint density at radius 2 is 1.12 bits per heavy atom. The van der Waals surface area contributed by atoms with E-state index in [1.54, 1.807) is 0 Å². The van der Waals surface area contributed by atoms with Crippen molar-refractivity contribution in [1.82, 2.24) is 29.9 Å². The third-order valence-electron chi connectivity index (χ3n) is 5.57. The first kappa shape index (κ1) is 33.7. The minimum absolute atomic E-state index is 0.0964. The van der Waals surface area contributed by atoms with Crippen molar-refractivity contribution in [1.29, 1.82) is 0 Å². The summed E-state index contributed by atoms with van der Waals surface area (Å²) in [4.78, 5) is 21.3. The number of nitrogens with zero attached hydrogens (tertiary/aromatic N) is 7. The van der Waals surface area contributed by atoms with Gasteiger partial charge >= 0.3 is 42.6 Å². The molecule has 0 spiro atoms. The highest BCUT2D eigenvalue weighted by Crippen LogP contribution is 2.36. The number of hydrogen-bond acceptors (Lipinski definition) is 13. The molecule has 0 amide bonds. The second kappa shape index (κ2) is 12.9. The van der Waals surface area contributed by atoms with Gasteiger partial charge < -0.3 is 28.7 Å². The number of ether oxygens (including phenoxy) is 4. The van der Waals surface area contributed by atoms with E-state index in [2.05, 4.69) is 49.4 Å². The highest BCUT2D eigenvalue weighted by Gasteiger charge is 2.32. The molecule has 2 aromatic carbocycles. The lowest BCUT2D eigenvalue weighted by atomic mass is 10.1. The van der Waals surface area contributed by atoms with Crippen LogP contribution in [-0.4, -0.2) is 75.4 Å². The number of anilines is 4. The van der Waals surface area contributed by atoms with Gasteiger partial charge in [-0.05, 0) is 36.4 Å². The smallest absolute Gasteiger partial charge is 0.422 e. The van der Waals surface area contributed by atoms with E-state index in [0.717, 1.165) is 7.11 Å². The summed E-state index contributed by atoms with van der Waals surface area (Å²) in [6, 6.07) is 4.64. The van der Waals surface area contributed by atoms with Gasteiger partial charge in [-0.15, -0.1) is 15.1 Å². The molecule has 3 heterocycles. The Balaban J connectivity index is 1.45. The zero-order valence-corrected chi connectivity index (χ0v) is 23.5. The van der Waals surface area contributed by atoms with Gasteiger partial charge in [0.2, 0.25) is 5.95 Å². The number of alkyl halides is 9. The maximum Gasteiger partial charge on any atom is 0.422 e. The average Bonchev–Trinajstić information content (AvgIpc) is 3.37. The number of hydrogen-bond donors (Lipinski definition) is 1. The molecule has 48 heavy (non-hydrogen) atoms. The molecule has 5 rings (SSSR count). The van der Waals surface area contributed by atoms with Crippen LogP contribution in [0.4, 0.5) is 67.3 Å². The largest absolute Gasteiger partial charge is 0.467 e. The lowest BCUT2D eigenvalue weighted by molar-refractivity contribution is -0.156. The lowest BCUT2D eigenvalue weighted by Gasteiger charge is -2.14. The van der Waals surface area contributed by atoms with Gasteiger partial charge in [0.15, 0.2) is 19.8 Å². The van der Waals surface area contributed by atoms with Crippen molar-refractivity contribution in [3.8, 4) is 24.0 Å². The van der Waals surface area contributed by atoms with Crippen molar-refractivity contribution in [3.63, 3.8) is 0 Å². The summed E-state index contributed by atoms with van der Waals surface area (Å²) < 4.78 is 153. The topological polar surface area (TPSA) is 143 Å². The second-order valence-corrected chi connectivity index (χ2v) is 9.24. The van der Waals surface area contributed by atoms with Gasteiger partial charge in [-0.2, -0.15) is 59.4 Å². The van der Waals surface area contributed by atoms with Crippen LogP contribution in [0.2, 0.25) is 0 Å². The standard InChI is InChI=1S/C25H16F10N8O5/c1-44-19-39-18(40-22(41-19)47-10-25(32,33)34)43(35)12-3-5-16-14(7-12)13-6-11(2-4-15(13)48-16)36-17-37-20(45-8-23(26,27)28)42-21(38-17)46-9-24(29,30)31/h2-7H,8-10H2,1H3,(H,36,37,38,42). The first-order chi connectivity index (χ1) is 22.4. The van der Waals surface area contributed by atoms with Gasteiger partial charge in [0.1, 0.15) is 11.2 Å². The molecule has 23 heteroatoms. The zero-order chi connectivity index (χ0) is 34.9. The maximum absolute atomic E-state index is 15.5. The third kappa shape index (κ3) is 8.79. The molecule has 0 atom stereocenters. The molecule has 1 N–H and O–H groups in total. The van der Waals surface area contributed by atoms with Crippen LogP contribution in [0.15, 0.2) is 40.8 Å². The Morgan fingerprint density at radius 3 is 1.67 bits per heavy atom. The molecule has 0 saturated heterocycles. The molecule has 0 saturated carbocycles. The molecule has 0 aliphatic heterocycles. The fraction of sp³-hybridized carbons (Fsp3) is 0.280. The van der Waals surface area contributed by atoms with E-state index in [0.29, 0.717) is 5.39 Å². The molecule has 13 nitrogen and oxygen atoms in total. The van der Waals surface area contributed by atoms with Crippen molar-refractivity contribution in [3.05, 3.63) is 36.4 Å². The van der Waals surface area contributed by atoms with Crippen LogP contribution in [0, 0.1) is 0 Å². The summed E-state index contributed by atoms with van der Waals surface area (Å²) in [7, 11) is 1.08. The van der Waals surface area contributed by atoms with Gasteiger partial charge in [0, 0.05) is 16.5 Å². The van der Waals surface area contributed by atoms with Gasteiger partial charge in [-0.1, -0.05) is 4.48 Å². The molecule has 0 bridgehead atoms. The highest BCUT2D eigenvalue weighted by molar-refractivity contribution is 6.07. The quantitative estimate of drug-likeness (QED) is 0.118. The van der Waals surface area contributed by atoms with Crippen molar-refractivity contribution >= 4 is 45.2 Å². The Bertz CT molecular complexity index is 1880. The molecule has 256 valence electrons. The van der Waals surface area contributed by atoms with E-state index < -0.39 is 74.3 Å². The predicted molar refractivity (Wildman–Crippen MR) is 141 cm³/mol. The van der Waals surface area contributed by atoms with E-state index in [4.69, 9.17) is 9.15 Å². The number of rotatable bonds is 11. The fourth-order valence-electron chi connectivity index (χ4n) is 3.74. The van der Waals surface area contributed by atoms with Gasteiger partial charge in [-0.25, -0.2) is 0 Å².